The van der Waals surface area contributed by atoms with Crippen LogP contribution in [0.1, 0.15) is 25.0 Å². The molecule has 4 rings (SSSR count). The number of aromatic amines is 1. The van der Waals surface area contributed by atoms with E-state index in [9.17, 15) is 0 Å². The summed E-state index contributed by atoms with van der Waals surface area (Å²) in [5.74, 6) is 0.530. The summed E-state index contributed by atoms with van der Waals surface area (Å²) in [5.41, 5.74) is 8.79. The van der Waals surface area contributed by atoms with Crippen molar-refractivity contribution < 1.29 is 4.74 Å². The Morgan fingerprint density at radius 3 is 2.53 bits per heavy atom. The van der Waals surface area contributed by atoms with Gasteiger partial charge in [0.15, 0.2) is 5.82 Å². The lowest BCUT2D eigenvalue weighted by Crippen LogP contribution is -2.26. The highest BCUT2D eigenvalue weighted by atomic mass is 16.5. The van der Waals surface area contributed by atoms with E-state index in [1.807, 2.05) is 62.5 Å². The normalized spacial score (nSPS) is 12.1. The van der Waals surface area contributed by atoms with Gasteiger partial charge in [-0.25, -0.2) is 15.0 Å². The quantitative estimate of drug-likeness (QED) is 0.353. The van der Waals surface area contributed by atoms with Crippen LogP contribution in [0.25, 0.3) is 22.3 Å². The minimum absolute atomic E-state index is 0.0605. The lowest BCUT2D eigenvalue weighted by molar-refractivity contribution is 0.486. The van der Waals surface area contributed by atoms with E-state index in [1.54, 1.807) is 24.5 Å². The third-order valence-corrected chi connectivity index (χ3v) is 4.83. The number of fused-ring (bicyclic) bond motifs is 1. The average molecular weight is 398 g/mol. The number of nitrogens with two attached hydrogens (primary N) is 1. The van der Waals surface area contributed by atoms with Crippen molar-refractivity contribution in [3.05, 3.63) is 84.3 Å². The molecule has 2 aromatic heterocycles. The first kappa shape index (κ1) is 19.3. The first-order valence-electron chi connectivity index (χ1n) is 9.50. The Kier molecular flexibility index (Phi) is 5.02. The van der Waals surface area contributed by atoms with Crippen molar-refractivity contribution in [3.8, 4) is 11.4 Å². The molecule has 2 aromatic carbocycles. The molecule has 4 aromatic rings. The first-order chi connectivity index (χ1) is 14.4. The SMILES string of the molecule is CC(C)(N=C(N)OC(=N)c1ccc2[nH]cc(-c3ncccn3)c2c1)c1ccccc1. The Hall–Kier alpha value is -4.00. The van der Waals surface area contributed by atoms with E-state index in [-0.39, 0.29) is 11.9 Å². The van der Waals surface area contributed by atoms with Crippen molar-refractivity contribution in [3.63, 3.8) is 0 Å². The molecule has 0 amide bonds. The number of ether oxygens (including phenoxy) is 1. The summed E-state index contributed by atoms with van der Waals surface area (Å²) < 4.78 is 5.53. The molecule has 2 heterocycles. The predicted octanol–water partition coefficient (Wildman–Crippen LogP) is 4.22. The van der Waals surface area contributed by atoms with Gasteiger partial charge in [-0.2, -0.15) is 0 Å². The van der Waals surface area contributed by atoms with Crippen LogP contribution in [0.4, 0.5) is 0 Å². The van der Waals surface area contributed by atoms with Crippen LogP contribution in [0.2, 0.25) is 0 Å². The van der Waals surface area contributed by atoms with Gasteiger partial charge in [0.05, 0.1) is 5.54 Å². The molecule has 0 spiro atoms. The van der Waals surface area contributed by atoms with Crippen LogP contribution in [0.3, 0.4) is 0 Å². The van der Waals surface area contributed by atoms with Gasteiger partial charge in [0.25, 0.3) is 6.02 Å². The molecule has 0 aliphatic carbocycles. The molecule has 0 atom stereocenters. The topological polar surface area (TPSA) is 113 Å². The number of hydrogen-bond donors (Lipinski definition) is 3. The predicted molar refractivity (Wildman–Crippen MR) is 118 cm³/mol. The fourth-order valence-corrected chi connectivity index (χ4v) is 3.26. The maximum atomic E-state index is 8.35. The number of aliphatic imine (C=N–C) groups is 1. The van der Waals surface area contributed by atoms with Crippen molar-refractivity contribution >= 4 is 22.8 Å². The molecule has 0 unspecified atom stereocenters. The Morgan fingerprint density at radius 2 is 1.80 bits per heavy atom. The van der Waals surface area contributed by atoms with Crippen LogP contribution in [0, 0.1) is 5.41 Å². The summed E-state index contributed by atoms with van der Waals surface area (Å²) in [6.45, 7) is 3.89. The lowest BCUT2D eigenvalue weighted by Gasteiger charge is -2.21. The number of benzene rings is 2. The Morgan fingerprint density at radius 1 is 1.07 bits per heavy atom. The van der Waals surface area contributed by atoms with Gasteiger partial charge in [0, 0.05) is 40.6 Å². The number of H-pyrrole nitrogens is 1. The molecule has 0 aliphatic heterocycles. The standard InChI is InChI=1S/C23H22N6O/c1-23(2,16-7-4-3-5-8-16)29-22(25)30-20(24)15-9-10-19-17(13-15)18(14-28-19)21-26-11-6-12-27-21/h3-14,24,28H,1-2H3,(H2,25,29). The minimum atomic E-state index is -0.575. The lowest BCUT2D eigenvalue weighted by atomic mass is 9.95. The van der Waals surface area contributed by atoms with E-state index >= 15 is 0 Å². The zero-order valence-electron chi connectivity index (χ0n) is 16.8. The van der Waals surface area contributed by atoms with Crippen LogP contribution < -0.4 is 5.73 Å². The van der Waals surface area contributed by atoms with Gasteiger partial charge in [-0.3, -0.25) is 5.41 Å². The van der Waals surface area contributed by atoms with E-state index in [0.29, 0.717) is 11.4 Å². The third kappa shape index (κ3) is 3.91. The number of amidine groups is 1. The molecule has 4 N–H and O–H groups in total. The molecule has 7 nitrogen and oxygen atoms in total. The number of rotatable bonds is 4. The second-order valence-corrected chi connectivity index (χ2v) is 7.34. The Bertz CT molecular complexity index is 1210. The second kappa shape index (κ2) is 7.79. The van der Waals surface area contributed by atoms with Gasteiger partial charge in [-0.1, -0.05) is 30.3 Å². The smallest absolute Gasteiger partial charge is 0.289 e. The largest absolute Gasteiger partial charge is 0.407 e. The van der Waals surface area contributed by atoms with Gasteiger partial charge in [0.2, 0.25) is 5.90 Å². The fraction of sp³-hybridized carbons (Fsp3) is 0.130. The Labute approximate surface area is 174 Å². The molecular formula is C23H22N6O. The summed E-state index contributed by atoms with van der Waals surface area (Å²) in [6, 6.07) is 17.1. The van der Waals surface area contributed by atoms with Gasteiger partial charge in [-0.15, -0.1) is 0 Å². The molecule has 0 aliphatic rings. The van der Waals surface area contributed by atoms with Gasteiger partial charge < -0.3 is 15.5 Å². The zero-order valence-corrected chi connectivity index (χ0v) is 16.8. The summed E-state index contributed by atoms with van der Waals surface area (Å²) >= 11 is 0. The number of aromatic nitrogens is 3. The van der Waals surface area contributed by atoms with Crippen molar-refractivity contribution in [1.82, 2.24) is 15.0 Å². The van der Waals surface area contributed by atoms with E-state index in [1.165, 1.54) is 0 Å². The average Bonchev–Trinajstić information content (AvgIpc) is 3.18. The molecule has 150 valence electrons. The molecule has 30 heavy (non-hydrogen) atoms. The monoisotopic (exact) mass is 398 g/mol. The highest BCUT2D eigenvalue weighted by Crippen LogP contribution is 2.27. The number of nitrogens with zero attached hydrogens (tertiary/aromatic N) is 3. The van der Waals surface area contributed by atoms with Crippen molar-refractivity contribution in [2.45, 2.75) is 19.4 Å². The number of hydrogen-bond acceptors (Lipinski definition) is 5. The van der Waals surface area contributed by atoms with Crippen LogP contribution in [0.5, 0.6) is 0 Å². The number of nitrogens with one attached hydrogen (secondary N) is 2. The first-order valence-corrected chi connectivity index (χ1v) is 9.50. The van der Waals surface area contributed by atoms with Crippen LogP contribution in [-0.4, -0.2) is 26.9 Å². The molecular weight excluding hydrogens is 376 g/mol. The molecule has 0 bridgehead atoms. The van der Waals surface area contributed by atoms with E-state index in [0.717, 1.165) is 22.0 Å². The van der Waals surface area contributed by atoms with E-state index < -0.39 is 5.54 Å². The summed E-state index contributed by atoms with van der Waals surface area (Å²) in [6.07, 6.45) is 5.25. The van der Waals surface area contributed by atoms with Crippen LogP contribution >= 0.6 is 0 Å². The highest BCUT2D eigenvalue weighted by Gasteiger charge is 2.20. The second-order valence-electron chi connectivity index (χ2n) is 7.34. The minimum Gasteiger partial charge on any atom is -0.407 e. The van der Waals surface area contributed by atoms with Crippen LogP contribution in [0.15, 0.2) is 78.2 Å². The Balaban J connectivity index is 1.59. The molecule has 0 fully saturated rings. The van der Waals surface area contributed by atoms with E-state index in [4.69, 9.17) is 15.9 Å². The maximum absolute atomic E-state index is 8.35. The van der Waals surface area contributed by atoms with Crippen molar-refractivity contribution in [2.24, 2.45) is 10.7 Å². The van der Waals surface area contributed by atoms with Crippen molar-refractivity contribution in [2.75, 3.05) is 0 Å². The fourth-order valence-electron chi connectivity index (χ4n) is 3.26. The van der Waals surface area contributed by atoms with Crippen LogP contribution in [-0.2, 0) is 10.3 Å². The van der Waals surface area contributed by atoms with Gasteiger partial charge >= 0.3 is 0 Å². The van der Waals surface area contributed by atoms with Gasteiger partial charge in [-0.05, 0) is 43.7 Å². The van der Waals surface area contributed by atoms with E-state index in [2.05, 4.69) is 19.9 Å². The molecule has 0 saturated heterocycles. The molecule has 7 heteroatoms. The van der Waals surface area contributed by atoms with Gasteiger partial charge in [0.1, 0.15) is 0 Å². The summed E-state index contributed by atoms with van der Waals surface area (Å²) in [4.78, 5) is 16.3. The molecule has 0 saturated carbocycles. The highest BCUT2D eigenvalue weighted by molar-refractivity contribution is 6.03. The molecule has 0 radical (unpaired) electrons. The summed E-state index contributed by atoms with van der Waals surface area (Å²) in [5, 5.41) is 9.25. The maximum Gasteiger partial charge on any atom is 0.289 e. The van der Waals surface area contributed by atoms with Crippen molar-refractivity contribution in [1.29, 1.82) is 5.41 Å². The zero-order chi connectivity index (χ0) is 21.1. The third-order valence-electron chi connectivity index (χ3n) is 4.83. The summed E-state index contributed by atoms with van der Waals surface area (Å²) in [7, 11) is 0.